The minimum Gasteiger partial charge on any atom is -0.349 e. The van der Waals surface area contributed by atoms with Gasteiger partial charge in [-0.15, -0.1) is 12.4 Å². The van der Waals surface area contributed by atoms with E-state index in [0.717, 1.165) is 37.3 Å². The van der Waals surface area contributed by atoms with E-state index in [1.165, 1.54) is 0 Å². The first-order valence-corrected chi connectivity index (χ1v) is 7.81. The van der Waals surface area contributed by atoms with Crippen LogP contribution in [-0.4, -0.2) is 52.7 Å². The SMILES string of the molecule is CC(C)N(CCNC(=O)c1n[nH]c2c1CNCC2)C(C)C.Cl. The van der Waals surface area contributed by atoms with Gasteiger partial charge in [0.1, 0.15) is 0 Å². The Labute approximate surface area is 138 Å². The average molecular weight is 330 g/mol. The number of aromatic nitrogens is 2. The highest BCUT2D eigenvalue weighted by Crippen LogP contribution is 2.15. The number of hydrogen-bond donors (Lipinski definition) is 3. The quantitative estimate of drug-likeness (QED) is 0.736. The molecule has 0 spiro atoms. The van der Waals surface area contributed by atoms with E-state index in [1.54, 1.807) is 0 Å². The highest BCUT2D eigenvalue weighted by molar-refractivity contribution is 5.94. The minimum atomic E-state index is -0.0799. The fraction of sp³-hybridized carbons (Fsp3) is 0.733. The van der Waals surface area contributed by atoms with Crippen LogP contribution in [0.3, 0.4) is 0 Å². The molecule has 3 N–H and O–H groups in total. The monoisotopic (exact) mass is 329 g/mol. The molecule has 0 unspecified atom stereocenters. The lowest BCUT2D eigenvalue weighted by Crippen LogP contribution is -2.42. The van der Waals surface area contributed by atoms with Crippen molar-refractivity contribution >= 4 is 18.3 Å². The number of halogens is 1. The molecule has 0 aromatic carbocycles. The molecule has 1 aromatic heterocycles. The van der Waals surface area contributed by atoms with Crippen LogP contribution in [0, 0.1) is 0 Å². The van der Waals surface area contributed by atoms with Gasteiger partial charge in [0, 0.05) is 55.9 Å². The van der Waals surface area contributed by atoms with Crippen molar-refractivity contribution in [2.75, 3.05) is 19.6 Å². The molecule has 2 heterocycles. The zero-order valence-corrected chi connectivity index (χ0v) is 14.7. The Hall–Kier alpha value is -1.11. The molecule has 0 atom stereocenters. The topological polar surface area (TPSA) is 73.0 Å². The number of H-pyrrole nitrogens is 1. The van der Waals surface area contributed by atoms with Gasteiger partial charge >= 0.3 is 0 Å². The number of carbonyl (C=O) groups is 1. The largest absolute Gasteiger partial charge is 0.349 e. The van der Waals surface area contributed by atoms with Gasteiger partial charge in [-0.1, -0.05) is 0 Å². The molecule has 0 saturated heterocycles. The molecule has 1 aromatic rings. The number of fused-ring (bicyclic) bond motifs is 1. The summed E-state index contributed by atoms with van der Waals surface area (Å²) in [6, 6.07) is 0.952. The van der Waals surface area contributed by atoms with E-state index < -0.39 is 0 Å². The van der Waals surface area contributed by atoms with Crippen molar-refractivity contribution in [2.45, 2.75) is 52.7 Å². The molecule has 0 fully saturated rings. The first-order chi connectivity index (χ1) is 10.0. The molecule has 126 valence electrons. The average Bonchev–Trinajstić information content (AvgIpc) is 2.86. The lowest BCUT2D eigenvalue weighted by Gasteiger charge is -2.30. The number of nitrogens with zero attached hydrogens (tertiary/aromatic N) is 2. The van der Waals surface area contributed by atoms with Gasteiger partial charge in [-0.3, -0.25) is 14.8 Å². The number of nitrogens with one attached hydrogen (secondary N) is 3. The maximum absolute atomic E-state index is 12.3. The van der Waals surface area contributed by atoms with Crippen LogP contribution in [0.15, 0.2) is 0 Å². The van der Waals surface area contributed by atoms with Gasteiger partial charge in [0.2, 0.25) is 0 Å². The van der Waals surface area contributed by atoms with Crippen LogP contribution in [0.1, 0.15) is 49.4 Å². The Kier molecular flexibility index (Phi) is 7.32. The molecule has 1 aliphatic heterocycles. The van der Waals surface area contributed by atoms with E-state index in [2.05, 4.69) is 53.4 Å². The highest BCUT2D eigenvalue weighted by atomic mass is 35.5. The smallest absolute Gasteiger partial charge is 0.272 e. The lowest BCUT2D eigenvalue weighted by atomic mass is 10.1. The maximum atomic E-state index is 12.3. The summed E-state index contributed by atoms with van der Waals surface area (Å²) in [6.45, 7) is 11.9. The van der Waals surface area contributed by atoms with Gasteiger partial charge in [-0.05, 0) is 27.7 Å². The van der Waals surface area contributed by atoms with Gasteiger partial charge < -0.3 is 10.6 Å². The number of carbonyl (C=O) groups excluding carboxylic acids is 1. The summed E-state index contributed by atoms with van der Waals surface area (Å²) < 4.78 is 0. The summed E-state index contributed by atoms with van der Waals surface area (Å²) in [5.74, 6) is -0.0799. The number of hydrogen-bond acceptors (Lipinski definition) is 4. The first kappa shape index (κ1) is 18.9. The summed E-state index contributed by atoms with van der Waals surface area (Å²) >= 11 is 0. The van der Waals surface area contributed by atoms with Crippen LogP contribution >= 0.6 is 12.4 Å². The fourth-order valence-electron chi connectivity index (χ4n) is 2.91. The molecule has 1 amide bonds. The Bertz CT molecular complexity index is 478. The van der Waals surface area contributed by atoms with Crippen molar-refractivity contribution in [3.63, 3.8) is 0 Å². The molecule has 0 bridgehead atoms. The fourth-order valence-corrected chi connectivity index (χ4v) is 2.91. The van der Waals surface area contributed by atoms with Crippen LogP contribution in [0.4, 0.5) is 0 Å². The Morgan fingerprint density at radius 1 is 1.32 bits per heavy atom. The molecule has 2 rings (SSSR count). The Morgan fingerprint density at radius 2 is 2.00 bits per heavy atom. The van der Waals surface area contributed by atoms with Crippen molar-refractivity contribution in [1.82, 2.24) is 25.7 Å². The van der Waals surface area contributed by atoms with Crippen molar-refractivity contribution < 1.29 is 4.79 Å². The second-order valence-electron chi connectivity index (χ2n) is 6.14. The van der Waals surface area contributed by atoms with Gasteiger partial charge in [-0.2, -0.15) is 5.10 Å². The van der Waals surface area contributed by atoms with Crippen LogP contribution in [0.5, 0.6) is 0 Å². The van der Waals surface area contributed by atoms with Crippen molar-refractivity contribution in [1.29, 1.82) is 0 Å². The van der Waals surface area contributed by atoms with Crippen LogP contribution in [-0.2, 0) is 13.0 Å². The van der Waals surface area contributed by atoms with Crippen molar-refractivity contribution in [3.05, 3.63) is 17.0 Å². The van der Waals surface area contributed by atoms with E-state index in [9.17, 15) is 4.79 Å². The standard InChI is InChI=1S/C15H27N5O.ClH/c1-10(2)20(11(3)4)8-7-17-15(21)14-12-9-16-6-5-13(12)18-19-14;/h10-11,16H,5-9H2,1-4H3,(H,17,21)(H,18,19);1H. The van der Waals surface area contributed by atoms with E-state index in [0.29, 0.717) is 24.3 Å². The molecule has 6 nitrogen and oxygen atoms in total. The Morgan fingerprint density at radius 3 is 2.64 bits per heavy atom. The Balaban J connectivity index is 0.00000242. The predicted molar refractivity (Wildman–Crippen MR) is 90.6 cm³/mol. The summed E-state index contributed by atoms with van der Waals surface area (Å²) in [5, 5.41) is 13.4. The number of amides is 1. The summed E-state index contributed by atoms with van der Waals surface area (Å²) in [5.41, 5.74) is 2.64. The zero-order valence-electron chi connectivity index (χ0n) is 13.9. The minimum absolute atomic E-state index is 0. The molecule has 7 heteroatoms. The van der Waals surface area contributed by atoms with E-state index in [-0.39, 0.29) is 18.3 Å². The molecule has 0 aliphatic carbocycles. The molecule has 0 radical (unpaired) electrons. The third kappa shape index (κ3) is 4.44. The normalized spacial score (nSPS) is 14.1. The highest BCUT2D eigenvalue weighted by Gasteiger charge is 2.21. The third-order valence-corrected chi connectivity index (χ3v) is 4.00. The third-order valence-electron chi connectivity index (χ3n) is 4.00. The van der Waals surface area contributed by atoms with Gasteiger partial charge in [-0.25, -0.2) is 0 Å². The van der Waals surface area contributed by atoms with E-state index >= 15 is 0 Å². The van der Waals surface area contributed by atoms with E-state index in [4.69, 9.17) is 0 Å². The van der Waals surface area contributed by atoms with Crippen molar-refractivity contribution in [3.8, 4) is 0 Å². The van der Waals surface area contributed by atoms with Crippen molar-refractivity contribution in [2.24, 2.45) is 0 Å². The molecule has 22 heavy (non-hydrogen) atoms. The predicted octanol–water partition coefficient (Wildman–Crippen LogP) is 1.33. The molecular formula is C15H28ClN5O. The maximum Gasteiger partial charge on any atom is 0.272 e. The second-order valence-corrected chi connectivity index (χ2v) is 6.14. The summed E-state index contributed by atoms with van der Waals surface area (Å²) in [7, 11) is 0. The van der Waals surface area contributed by atoms with Gasteiger partial charge in [0.05, 0.1) is 0 Å². The first-order valence-electron chi connectivity index (χ1n) is 7.81. The van der Waals surface area contributed by atoms with Crippen LogP contribution < -0.4 is 10.6 Å². The number of rotatable bonds is 6. The lowest BCUT2D eigenvalue weighted by molar-refractivity contribution is 0.0933. The second kappa shape index (κ2) is 8.50. The molecule has 1 aliphatic rings. The number of aromatic amines is 1. The van der Waals surface area contributed by atoms with Crippen LogP contribution in [0.25, 0.3) is 0 Å². The van der Waals surface area contributed by atoms with E-state index in [1.807, 2.05) is 0 Å². The molecular weight excluding hydrogens is 302 g/mol. The van der Waals surface area contributed by atoms with Gasteiger partial charge in [0.25, 0.3) is 5.91 Å². The molecule has 0 saturated carbocycles. The van der Waals surface area contributed by atoms with Crippen LogP contribution in [0.2, 0.25) is 0 Å². The zero-order chi connectivity index (χ0) is 15.4. The van der Waals surface area contributed by atoms with Gasteiger partial charge in [0.15, 0.2) is 5.69 Å². The summed E-state index contributed by atoms with van der Waals surface area (Å²) in [4.78, 5) is 14.6. The summed E-state index contributed by atoms with van der Waals surface area (Å²) in [6.07, 6.45) is 0.907.